The second-order valence-electron chi connectivity index (χ2n) is 4.38. The fourth-order valence-electron chi connectivity index (χ4n) is 1.81. The molecule has 0 fully saturated rings. The molecule has 0 atom stereocenters. The van der Waals surface area contributed by atoms with Crippen molar-refractivity contribution in [1.82, 2.24) is 0 Å². The zero-order chi connectivity index (χ0) is 15.4. The van der Waals surface area contributed by atoms with Crippen LogP contribution in [0.25, 0.3) is 0 Å². The third kappa shape index (κ3) is 3.98. The first-order valence-electron chi connectivity index (χ1n) is 6.17. The van der Waals surface area contributed by atoms with E-state index in [0.29, 0.717) is 12.1 Å². The van der Waals surface area contributed by atoms with Crippen LogP contribution in [-0.4, -0.2) is 13.0 Å². The maximum Gasteiger partial charge on any atom is 0.248 e. The fraction of sp³-hybridized carbons (Fsp3) is 0.133. The summed E-state index contributed by atoms with van der Waals surface area (Å²) in [5.74, 6) is 0.333. The van der Waals surface area contributed by atoms with Gasteiger partial charge in [0.25, 0.3) is 0 Å². The Morgan fingerprint density at radius 1 is 1.19 bits per heavy atom. The van der Waals surface area contributed by atoms with E-state index in [0.717, 1.165) is 25.9 Å². The van der Waals surface area contributed by atoms with Gasteiger partial charge >= 0.3 is 0 Å². The lowest BCUT2D eigenvalue weighted by Crippen LogP contribution is -2.10. The van der Waals surface area contributed by atoms with E-state index in [1.807, 2.05) is 24.3 Å². The molecule has 6 heteroatoms. The van der Waals surface area contributed by atoms with Crippen LogP contribution in [0.1, 0.15) is 15.9 Å². The first-order valence-corrected chi connectivity index (χ1v) is 7.75. The van der Waals surface area contributed by atoms with Gasteiger partial charge in [0, 0.05) is 22.6 Å². The summed E-state index contributed by atoms with van der Waals surface area (Å²) in [5.41, 5.74) is 7.70. The zero-order valence-electron chi connectivity index (χ0n) is 11.3. The maximum absolute atomic E-state index is 11.0. The summed E-state index contributed by atoms with van der Waals surface area (Å²) in [6.07, 6.45) is 0. The van der Waals surface area contributed by atoms with Crippen molar-refractivity contribution in [3.8, 4) is 5.75 Å². The van der Waals surface area contributed by atoms with Crippen molar-refractivity contribution in [1.29, 1.82) is 0 Å². The van der Waals surface area contributed by atoms with Crippen molar-refractivity contribution in [2.75, 3.05) is 12.4 Å². The lowest BCUT2D eigenvalue weighted by molar-refractivity contribution is 0.100. The second kappa shape index (κ2) is 6.95. The zero-order valence-corrected chi connectivity index (χ0v) is 14.5. The molecule has 0 bridgehead atoms. The van der Waals surface area contributed by atoms with E-state index in [-0.39, 0.29) is 0 Å². The highest BCUT2D eigenvalue weighted by atomic mass is 79.9. The normalized spacial score (nSPS) is 10.2. The average Bonchev–Trinajstić information content (AvgIpc) is 2.47. The number of primary amides is 1. The molecule has 21 heavy (non-hydrogen) atoms. The van der Waals surface area contributed by atoms with Crippen LogP contribution in [0.3, 0.4) is 0 Å². The Labute approximate surface area is 139 Å². The van der Waals surface area contributed by atoms with Gasteiger partial charge in [-0.1, -0.05) is 12.1 Å². The van der Waals surface area contributed by atoms with Crippen LogP contribution in [0.15, 0.2) is 45.3 Å². The Hall–Kier alpha value is -1.53. The number of nitrogens with one attached hydrogen (secondary N) is 1. The van der Waals surface area contributed by atoms with E-state index in [1.54, 1.807) is 19.2 Å². The summed E-state index contributed by atoms with van der Waals surface area (Å²) in [6, 6.07) is 11.0. The Balaban J connectivity index is 2.10. The molecule has 2 aromatic rings. The lowest BCUT2D eigenvalue weighted by Gasteiger charge is -2.12. The minimum atomic E-state index is -0.421. The van der Waals surface area contributed by atoms with Crippen LogP contribution in [0.5, 0.6) is 5.75 Å². The molecular weight excluding hydrogens is 400 g/mol. The molecule has 0 aromatic heterocycles. The molecule has 0 saturated heterocycles. The quantitative estimate of drug-likeness (QED) is 0.780. The third-order valence-electron chi connectivity index (χ3n) is 2.96. The van der Waals surface area contributed by atoms with Crippen LogP contribution in [0.2, 0.25) is 0 Å². The number of amides is 1. The fourth-order valence-corrected chi connectivity index (χ4v) is 3.10. The predicted octanol–water partition coefficient (Wildman–Crippen LogP) is 3.93. The summed E-state index contributed by atoms with van der Waals surface area (Å²) >= 11 is 6.94. The number of carbonyl (C=O) groups excluding carboxylic acids is 1. The SMILES string of the molecule is COc1cc(NCc2ccc(C(N)=O)cc2)c(Br)cc1Br. The molecule has 4 nitrogen and oxygen atoms in total. The highest BCUT2D eigenvalue weighted by Crippen LogP contribution is 2.34. The molecule has 0 aliphatic rings. The second-order valence-corrected chi connectivity index (χ2v) is 6.09. The summed E-state index contributed by atoms with van der Waals surface area (Å²) in [5, 5.41) is 3.32. The Morgan fingerprint density at radius 2 is 1.86 bits per heavy atom. The number of hydrogen-bond donors (Lipinski definition) is 2. The molecule has 3 N–H and O–H groups in total. The van der Waals surface area contributed by atoms with Crippen molar-refractivity contribution >= 4 is 43.5 Å². The monoisotopic (exact) mass is 412 g/mol. The van der Waals surface area contributed by atoms with Crippen LogP contribution >= 0.6 is 31.9 Å². The van der Waals surface area contributed by atoms with Crippen LogP contribution in [0.4, 0.5) is 5.69 Å². The molecule has 0 saturated carbocycles. The predicted molar refractivity (Wildman–Crippen MR) is 90.7 cm³/mol. The average molecular weight is 414 g/mol. The number of benzene rings is 2. The summed E-state index contributed by atoms with van der Waals surface area (Å²) < 4.78 is 7.09. The highest BCUT2D eigenvalue weighted by Gasteiger charge is 2.07. The van der Waals surface area contributed by atoms with Gasteiger partial charge in [0.05, 0.1) is 17.3 Å². The summed E-state index contributed by atoms with van der Waals surface area (Å²) in [7, 11) is 1.63. The molecule has 2 rings (SSSR count). The molecule has 0 radical (unpaired) electrons. The molecule has 2 aromatic carbocycles. The van der Waals surface area contributed by atoms with Gasteiger partial charge < -0.3 is 15.8 Å². The van der Waals surface area contributed by atoms with Crippen molar-refractivity contribution in [3.05, 3.63) is 56.5 Å². The van der Waals surface area contributed by atoms with E-state index < -0.39 is 5.91 Å². The van der Waals surface area contributed by atoms with Crippen LogP contribution < -0.4 is 15.8 Å². The first kappa shape index (κ1) is 15.9. The number of anilines is 1. The molecule has 0 unspecified atom stereocenters. The van der Waals surface area contributed by atoms with Crippen molar-refractivity contribution in [2.24, 2.45) is 5.73 Å². The number of rotatable bonds is 5. The first-order chi connectivity index (χ1) is 10.0. The molecule has 0 spiro atoms. The van der Waals surface area contributed by atoms with Gasteiger partial charge in [0.2, 0.25) is 5.91 Å². The van der Waals surface area contributed by atoms with E-state index in [9.17, 15) is 4.79 Å². The summed E-state index contributed by atoms with van der Waals surface area (Å²) in [6.45, 7) is 0.627. The molecule has 0 aliphatic carbocycles. The van der Waals surface area contributed by atoms with Gasteiger partial charge in [0.1, 0.15) is 5.75 Å². The lowest BCUT2D eigenvalue weighted by atomic mass is 10.1. The Morgan fingerprint density at radius 3 is 2.43 bits per heavy atom. The Bertz CT molecular complexity index is 657. The number of halogens is 2. The van der Waals surface area contributed by atoms with Gasteiger partial charge in [-0.2, -0.15) is 0 Å². The van der Waals surface area contributed by atoms with Gasteiger partial charge in [-0.05, 0) is 55.6 Å². The summed E-state index contributed by atoms with van der Waals surface area (Å²) in [4.78, 5) is 11.0. The Kier molecular flexibility index (Phi) is 5.25. The van der Waals surface area contributed by atoms with Gasteiger partial charge in [-0.3, -0.25) is 4.79 Å². The molecule has 0 aliphatic heterocycles. The van der Waals surface area contributed by atoms with Gasteiger partial charge in [-0.15, -0.1) is 0 Å². The minimum absolute atomic E-state index is 0.421. The van der Waals surface area contributed by atoms with E-state index in [2.05, 4.69) is 37.2 Å². The standard InChI is InChI=1S/C15H14Br2N2O2/c1-21-14-7-13(11(16)6-12(14)17)19-8-9-2-4-10(5-3-9)15(18)20/h2-7,19H,8H2,1H3,(H2,18,20). The molecule has 0 heterocycles. The van der Waals surface area contributed by atoms with Crippen molar-refractivity contribution in [2.45, 2.75) is 6.54 Å². The number of ether oxygens (including phenoxy) is 1. The number of nitrogens with two attached hydrogens (primary N) is 1. The number of carbonyl (C=O) groups is 1. The molecule has 110 valence electrons. The van der Waals surface area contributed by atoms with Crippen LogP contribution in [-0.2, 0) is 6.54 Å². The van der Waals surface area contributed by atoms with Crippen molar-refractivity contribution in [3.63, 3.8) is 0 Å². The number of hydrogen-bond acceptors (Lipinski definition) is 3. The molecule has 1 amide bonds. The topological polar surface area (TPSA) is 64.3 Å². The number of methoxy groups -OCH3 is 1. The minimum Gasteiger partial charge on any atom is -0.495 e. The van der Waals surface area contributed by atoms with E-state index in [1.165, 1.54) is 0 Å². The third-order valence-corrected chi connectivity index (χ3v) is 4.24. The highest BCUT2D eigenvalue weighted by molar-refractivity contribution is 9.11. The molecular formula is C15H14Br2N2O2. The smallest absolute Gasteiger partial charge is 0.248 e. The van der Waals surface area contributed by atoms with Gasteiger partial charge in [-0.25, -0.2) is 0 Å². The van der Waals surface area contributed by atoms with Crippen molar-refractivity contribution < 1.29 is 9.53 Å². The van der Waals surface area contributed by atoms with Crippen LogP contribution in [0, 0.1) is 0 Å². The largest absolute Gasteiger partial charge is 0.495 e. The maximum atomic E-state index is 11.0. The van der Waals surface area contributed by atoms with E-state index in [4.69, 9.17) is 10.5 Å². The van der Waals surface area contributed by atoms with Gasteiger partial charge in [0.15, 0.2) is 0 Å². The van der Waals surface area contributed by atoms with E-state index >= 15 is 0 Å².